The Labute approximate surface area is 151 Å². The van der Waals surface area contributed by atoms with Gasteiger partial charge in [-0.3, -0.25) is 9.52 Å². The maximum absolute atomic E-state index is 13.8. The van der Waals surface area contributed by atoms with Gasteiger partial charge in [0.1, 0.15) is 10.7 Å². The van der Waals surface area contributed by atoms with E-state index >= 15 is 0 Å². The Morgan fingerprint density at radius 1 is 1.15 bits per heavy atom. The molecule has 2 aromatic carbocycles. The van der Waals surface area contributed by atoms with Crippen molar-refractivity contribution in [3.05, 3.63) is 59.9 Å². The molecular formula is C18H19FN2O4S. The molecule has 1 amide bonds. The molecule has 0 aliphatic carbocycles. The zero-order valence-corrected chi connectivity index (χ0v) is 14.8. The van der Waals surface area contributed by atoms with Gasteiger partial charge in [-0.05, 0) is 37.1 Å². The number of hydrogen-bond acceptors (Lipinski definition) is 4. The minimum atomic E-state index is -4.16. The number of ether oxygens (including phenoxy) is 1. The Morgan fingerprint density at radius 3 is 2.62 bits per heavy atom. The van der Waals surface area contributed by atoms with Crippen molar-refractivity contribution < 1.29 is 22.3 Å². The van der Waals surface area contributed by atoms with Crippen molar-refractivity contribution in [1.29, 1.82) is 0 Å². The first-order valence-electron chi connectivity index (χ1n) is 8.23. The Kier molecular flexibility index (Phi) is 5.53. The lowest BCUT2D eigenvalue weighted by molar-refractivity contribution is 0.0858. The molecule has 1 aliphatic heterocycles. The third-order valence-electron chi connectivity index (χ3n) is 4.06. The van der Waals surface area contributed by atoms with Gasteiger partial charge in [-0.25, -0.2) is 12.8 Å². The van der Waals surface area contributed by atoms with Gasteiger partial charge in [0.05, 0.1) is 17.4 Å². The molecule has 6 nitrogen and oxygen atoms in total. The maximum Gasteiger partial charge on any atom is 0.264 e. The van der Waals surface area contributed by atoms with E-state index in [2.05, 4.69) is 10.0 Å². The Bertz CT molecular complexity index is 896. The molecular weight excluding hydrogens is 359 g/mol. The fourth-order valence-corrected chi connectivity index (χ4v) is 3.90. The lowest BCUT2D eigenvalue weighted by Gasteiger charge is -2.14. The molecule has 26 heavy (non-hydrogen) atoms. The lowest BCUT2D eigenvalue weighted by Crippen LogP contribution is -2.32. The predicted octanol–water partition coefficient (Wildman–Crippen LogP) is 2.54. The summed E-state index contributed by atoms with van der Waals surface area (Å²) in [6, 6.07) is 11.2. The molecule has 0 aromatic heterocycles. The van der Waals surface area contributed by atoms with Crippen molar-refractivity contribution >= 4 is 21.6 Å². The van der Waals surface area contributed by atoms with Crippen LogP contribution in [-0.4, -0.2) is 33.6 Å². The standard InChI is InChI=1S/C18H19FN2O4S/c19-15-8-2-4-10-17(15)26(23,24)21-16-9-3-1-7-14(16)18(22)20-12-13-6-5-11-25-13/h1-4,7-10,13,21H,5-6,11-12H2,(H,20,22)/t13-/m0/s1. The SMILES string of the molecule is O=C(NC[C@@H]1CCCO1)c1ccccc1NS(=O)(=O)c1ccccc1F. The zero-order chi connectivity index (χ0) is 18.6. The van der Waals surface area contributed by atoms with E-state index < -0.39 is 26.6 Å². The van der Waals surface area contributed by atoms with E-state index in [-0.39, 0.29) is 17.4 Å². The molecule has 2 N–H and O–H groups in total. The number of carbonyl (C=O) groups excluding carboxylic acids is 1. The van der Waals surface area contributed by atoms with Gasteiger partial charge in [0.15, 0.2) is 0 Å². The summed E-state index contributed by atoms with van der Waals surface area (Å²) in [5.74, 6) is -1.28. The van der Waals surface area contributed by atoms with Gasteiger partial charge in [-0.2, -0.15) is 0 Å². The molecule has 0 spiro atoms. The topological polar surface area (TPSA) is 84.5 Å². The Balaban J connectivity index is 1.78. The first-order chi connectivity index (χ1) is 12.5. The highest BCUT2D eigenvalue weighted by Gasteiger charge is 2.22. The van der Waals surface area contributed by atoms with Crippen LogP contribution in [0.15, 0.2) is 53.4 Å². The summed E-state index contributed by atoms with van der Waals surface area (Å²) in [5.41, 5.74) is 0.242. The normalized spacial score (nSPS) is 17.0. The molecule has 0 bridgehead atoms. The highest BCUT2D eigenvalue weighted by Crippen LogP contribution is 2.22. The minimum absolute atomic E-state index is 0.0266. The summed E-state index contributed by atoms with van der Waals surface area (Å²) >= 11 is 0. The van der Waals surface area contributed by atoms with E-state index in [0.29, 0.717) is 13.2 Å². The Morgan fingerprint density at radius 2 is 1.88 bits per heavy atom. The smallest absolute Gasteiger partial charge is 0.264 e. The number of nitrogens with one attached hydrogen (secondary N) is 2. The summed E-state index contributed by atoms with van der Waals surface area (Å²) in [7, 11) is -4.16. The number of hydrogen-bond donors (Lipinski definition) is 2. The van der Waals surface area contributed by atoms with E-state index in [9.17, 15) is 17.6 Å². The number of rotatable bonds is 6. The monoisotopic (exact) mass is 378 g/mol. The number of sulfonamides is 1. The van der Waals surface area contributed by atoms with Crippen LogP contribution in [0.4, 0.5) is 10.1 Å². The molecule has 138 valence electrons. The van der Waals surface area contributed by atoms with E-state index in [1.54, 1.807) is 12.1 Å². The fraction of sp³-hybridized carbons (Fsp3) is 0.278. The summed E-state index contributed by atoms with van der Waals surface area (Å²) in [5, 5.41) is 2.75. The van der Waals surface area contributed by atoms with Gasteiger partial charge in [-0.1, -0.05) is 24.3 Å². The van der Waals surface area contributed by atoms with E-state index in [4.69, 9.17) is 4.74 Å². The van der Waals surface area contributed by atoms with Crippen molar-refractivity contribution in [1.82, 2.24) is 5.32 Å². The first-order valence-corrected chi connectivity index (χ1v) is 9.72. The molecule has 2 aromatic rings. The van der Waals surface area contributed by atoms with Crippen molar-refractivity contribution in [2.45, 2.75) is 23.8 Å². The van der Waals surface area contributed by atoms with Crippen molar-refractivity contribution in [3.8, 4) is 0 Å². The number of halogens is 1. The van der Waals surface area contributed by atoms with Gasteiger partial charge in [-0.15, -0.1) is 0 Å². The predicted molar refractivity (Wildman–Crippen MR) is 95.0 cm³/mol. The van der Waals surface area contributed by atoms with Gasteiger partial charge in [0.25, 0.3) is 15.9 Å². The third kappa shape index (κ3) is 4.20. The van der Waals surface area contributed by atoms with E-state index in [1.807, 2.05) is 0 Å². The second-order valence-corrected chi connectivity index (χ2v) is 7.58. The van der Waals surface area contributed by atoms with Crippen LogP contribution in [0.2, 0.25) is 0 Å². The zero-order valence-electron chi connectivity index (χ0n) is 13.9. The molecule has 1 fully saturated rings. The summed E-state index contributed by atoms with van der Waals surface area (Å²) < 4.78 is 46.5. The van der Waals surface area contributed by atoms with Crippen molar-refractivity contribution in [2.75, 3.05) is 17.9 Å². The Hall–Kier alpha value is -2.45. The average molecular weight is 378 g/mol. The quantitative estimate of drug-likeness (QED) is 0.809. The summed E-state index contributed by atoms with van der Waals surface area (Å²) in [4.78, 5) is 12.0. The summed E-state index contributed by atoms with van der Waals surface area (Å²) in [6.07, 6.45) is 1.81. The van der Waals surface area contributed by atoms with Crippen LogP contribution in [0.1, 0.15) is 23.2 Å². The number of benzene rings is 2. The average Bonchev–Trinajstić information content (AvgIpc) is 3.13. The molecule has 1 saturated heterocycles. The van der Waals surface area contributed by atoms with Crippen LogP contribution in [0.25, 0.3) is 0 Å². The van der Waals surface area contributed by atoms with Crippen LogP contribution in [0.5, 0.6) is 0 Å². The first kappa shape index (κ1) is 18.3. The second-order valence-electron chi connectivity index (χ2n) is 5.93. The molecule has 1 atom stereocenters. The third-order valence-corrected chi connectivity index (χ3v) is 5.46. The van der Waals surface area contributed by atoms with Crippen LogP contribution in [0.3, 0.4) is 0 Å². The van der Waals surface area contributed by atoms with Gasteiger partial charge >= 0.3 is 0 Å². The number of amides is 1. The van der Waals surface area contributed by atoms with Gasteiger partial charge < -0.3 is 10.1 Å². The van der Waals surface area contributed by atoms with Crippen LogP contribution >= 0.6 is 0 Å². The lowest BCUT2D eigenvalue weighted by atomic mass is 10.1. The largest absolute Gasteiger partial charge is 0.376 e. The van der Waals surface area contributed by atoms with Crippen LogP contribution in [0, 0.1) is 5.82 Å². The van der Waals surface area contributed by atoms with Gasteiger partial charge in [0, 0.05) is 13.2 Å². The minimum Gasteiger partial charge on any atom is -0.376 e. The van der Waals surface area contributed by atoms with E-state index in [0.717, 1.165) is 25.0 Å². The molecule has 8 heteroatoms. The summed E-state index contributed by atoms with van der Waals surface area (Å²) in [6.45, 7) is 1.03. The fourth-order valence-electron chi connectivity index (χ4n) is 2.74. The molecule has 0 saturated carbocycles. The van der Waals surface area contributed by atoms with E-state index in [1.165, 1.54) is 24.3 Å². The van der Waals surface area contributed by atoms with Crippen molar-refractivity contribution in [2.24, 2.45) is 0 Å². The maximum atomic E-state index is 13.8. The second kappa shape index (κ2) is 7.84. The molecule has 0 radical (unpaired) electrons. The highest BCUT2D eigenvalue weighted by molar-refractivity contribution is 7.92. The number of para-hydroxylation sites is 1. The molecule has 1 heterocycles. The van der Waals surface area contributed by atoms with Crippen molar-refractivity contribution in [3.63, 3.8) is 0 Å². The molecule has 0 unspecified atom stereocenters. The highest BCUT2D eigenvalue weighted by atomic mass is 32.2. The number of anilines is 1. The van der Waals surface area contributed by atoms with Crippen LogP contribution in [-0.2, 0) is 14.8 Å². The van der Waals surface area contributed by atoms with Gasteiger partial charge in [0.2, 0.25) is 0 Å². The molecule has 3 rings (SSSR count). The molecule has 1 aliphatic rings. The van der Waals surface area contributed by atoms with Crippen LogP contribution < -0.4 is 10.0 Å². The number of carbonyl (C=O) groups is 1.